The van der Waals surface area contributed by atoms with Crippen molar-refractivity contribution < 1.29 is 9.58 Å². The molecule has 0 aliphatic heterocycles. The van der Waals surface area contributed by atoms with Gasteiger partial charge in [0.15, 0.2) is 0 Å². The van der Waals surface area contributed by atoms with Crippen LogP contribution in [0.3, 0.4) is 0 Å². The summed E-state index contributed by atoms with van der Waals surface area (Å²) >= 11 is 5.61. The topological polar surface area (TPSA) is 49.1 Å². The Bertz CT molecular complexity index is 585. The van der Waals surface area contributed by atoms with Gasteiger partial charge in [-0.05, 0) is 46.8 Å². The lowest BCUT2D eigenvalue weighted by atomic mass is 10.1. The maximum Gasteiger partial charge on any atom is 0.313 e. The fourth-order valence-corrected chi connectivity index (χ4v) is 1.95. The Labute approximate surface area is 109 Å². The minimum atomic E-state index is 0.0258. The van der Waals surface area contributed by atoms with Gasteiger partial charge in [0.05, 0.1) is 5.10 Å². The van der Waals surface area contributed by atoms with Crippen LogP contribution in [0, 0.1) is 5.21 Å². The summed E-state index contributed by atoms with van der Waals surface area (Å²) in [7, 11) is 0. The van der Waals surface area contributed by atoms with Gasteiger partial charge < -0.3 is 9.94 Å². The van der Waals surface area contributed by atoms with E-state index in [1.165, 1.54) is 24.5 Å². The molecule has 4 nitrogen and oxygen atoms in total. The van der Waals surface area contributed by atoms with Gasteiger partial charge in [-0.2, -0.15) is 0 Å². The highest BCUT2D eigenvalue weighted by Crippen LogP contribution is 2.44. The van der Waals surface area contributed by atoms with Crippen LogP contribution >= 0.6 is 11.6 Å². The first-order chi connectivity index (χ1) is 8.74. The maximum absolute atomic E-state index is 11.3. The molecule has 1 heterocycles. The first-order valence-corrected chi connectivity index (χ1v) is 6.15. The fourth-order valence-electron chi connectivity index (χ4n) is 1.85. The molecule has 0 saturated heterocycles. The lowest BCUT2D eigenvalue weighted by Gasteiger charge is -2.08. The van der Waals surface area contributed by atoms with Crippen molar-refractivity contribution in [2.75, 3.05) is 0 Å². The van der Waals surface area contributed by atoms with Gasteiger partial charge in [0.2, 0.25) is 0 Å². The zero-order valence-corrected chi connectivity index (χ0v) is 10.3. The van der Waals surface area contributed by atoms with E-state index in [4.69, 9.17) is 16.3 Å². The summed E-state index contributed by atoms with van der Waals surface area (Å²) < 4.78 is 5.66. The minimum Gasteiger partial charge on any atom is -0.593 e. The third-order valence-electron chi connectivity index (χ3n) is 2.89. The number of hydrogen-bond donors (Lipinski definition) is 0. The molecule has 0 unspecified atom stereocenters. The number of hydrogen-bond acceptors (Lipinski definition) is 3. The summed E-state index contributed by atoms with van der Waals surface area (Å²) in [5.74, 6) is 1.59. The molecule has 1 aromatic carbocycles. The van der Waals surface area contributed by atoms with E-state index in [1.807, 2.05) is 24.3 Å². The van der Waals surface area contributed by atoms with Crippen molar-refractivity contribution in [2.45, 2.75) is 18.8 Å². The Kier molecular flexibility index (Phi) is 2.80. The van der Waals surface area contributed by atoms with Gasteiger partial charge in [0.25, 0.3) is 5.88 Å². The largest absolute Gasteiger partial charge is 0.593 e. The van der Waals surface area contributed by atoms with Crippen LogP contribution in [-0.4, -0.2) is 5.10 Å². The SMILES string of the molecule is [O-][n+]1nc(Oc2ccccc2C2CC2)ccc1Cl. The van der Waals surface area contributed by atoms with Crippen LogP contribution in [0.2, 0.25) is 5.15 Å². The smallest absolute Gasteiger partial charge is 0.313 e. The molecule has 1 aliphatic rings. The quantitative estimate of drug-likeness (QED) is 0.631. The number of ether oxygens (including phenoxy) is 1. The Balaban J connectivity index is 1.89. The Hall–Kier alpha value is -1.81. The number of halogens is 1. The van der Waals surface area contributed by atoms with Gasteiger partial charge in [-0.3, -0.25) is 0 Å². The fraction of sp³-hybridized carbons (Fsp3) is 0.231. The average Bonchev–Trinajstić information content (AvgIpc) is 3.19. The summed E-state index contributed by atoms with van der Waals surface area (Å²) in [4.78, 5) is 0.344. The number of benzene rings is 1. The summed E-state index contributed by atoms with van der Waals surface area (Å²) in [6.07, 6.45) is 2.38. The molecule has 1 fully saturated rings. The number of aromatic nitrogens is 2. The molecule has 5 heteroatoms. The highest BCUT2D eigenvalue weighted by molar-refractivity contribution is 6.28. The predicted octanol–water partition coefficient (Wildman–Crippen LogP) is 3.04. The van der Waals surface area contributed by atoms with Crippen molar-refractivity contribution in [3.63, 3.8) is 0 Å². The molecule has 0 bridgehead atoms. The van der Waals surface area contributed by atoms with Crippen molar-refractivity contribution in [1.29, 1.82) is 0 Å². The standard InChI is InChI=1S/C13H11ClN2O2/c14-12-7-8-13(15-16(12)17)18-11-4-2-1-3-10(11)9-5-6-9/h1-4,7-9H,5-6H2. The van der Waals surface area contributed by atoms with Gasteiger partial charge in [-0.15, -0.1) is 0 Å². The van der Waals surface area contributed by atoms with E-state index in [2.05, 4.69) is 5.10 Å². The maximum atomic E-state index is 11.3. The molecule has 1 aromatic heterocycles. The van der Waals surface area contributed by atoms with Crippen LogP contribution in [0.25, 0.3) is 0 Å². The monoisotopic (exact) mass is 262 g/mol. The molecule has 0 atom stereocenters. The molecule has 18 heavy (non-hydrogen) atoms. The normalized spacial score (nSPS) is 14.5. The van der Waals surface area contributed by atoms with E-state index in [1.54, 1.807) is 6.07 Å². The molecule has 0 amide bonds. The molecule has 1 saturated carbocycles. The molecular weight excluding hydrogens is 252 g/mol. The second-order valence-corrected chi connectivity index (χ2v) is 4.67. The molecule has 1 aliphatic carbocycles. The summed E-state index contributed by atoms with van der Waals surface area (Å²) in [5.41, 5.74) is 1.17. The van der Waals surface area contributed by atoms with Gasteiger partial charge in [-0.25, -0.2) is 0 Å². The van der Waals surface area contributed by atoms with Crippen molar-refractivity contribution in [3.8, 4) is 11.6 Å². The van der Waals surface area contributed by atoms with Crippen molar-refractivity contribution in [1.82, 2.24) is 5.10 Å². The Morgan fingerprint density at radius 2 is 2.00 bits per heavy atom. The summed E-state index contributed by atoms with van der Waals surface area (Å²) in [6, 6.07) is 10.9. The third kappa shape index (κ3) is 2.24. The predicted molar refractivity (Wildman–Crippen MR) is 66.7 cm³/mol. The van der Waals surface area contributed by atoms with Crippen LogP contribution < -0.4 is 9.58 Å². The molecular formula is C13H11ClN2O2. The average molecular weight is 263 g/mol. The van der Waals surface area contributed by atoms with Crippen LogP contribution in [0.4, 0.5) is 0 Å². The number of rotatable bonds is 3. The summed E-state index contributed by atoms with van der Waals surface area (Å²) in [5, 5.41) is 15.0. The van der Waals surface area contributed by atoms with Gasteiger partial charge >= 0.3 is 5.15 Å². The van der Waals surface area contributed by atoms with Gasteiger partial charge in [-0.1, -0.05) is 18.2 Å². The van der Waals surface area contributed by atoms with Crippen molar-refractivity contribution in [3.05, 3.63) is 52.3 Å². The highest BCUT2D eigenvalue weighted by Gasteiger charge is 2.26. The lowest BCUT2D eigenvalue weighted by molar-refractivity contribution is -0.667. The van der Waals surface area contributed by atoms with Crippen molar-refractivity contribution >= 4 is 11.6 Å². The van der Waals surface area contributed by atoms with Gasteiger partial charge in [0.1, 0.15) is 5.75 Å². The van der Waals surface area contributed by atoms with Crippen LogP contribution in [0.15, 0.2) is 36.4 Å². The molecule has 0 radical (unpaired) electrons. The van der Waals surface area contributed by atoms with Crippen LogP contribution in [-0.2, 0) is 0 Å². The van der Waals surface area contributed by atoms with E-state index in [0.29, 0.717) is 10.8 Å². The highest BCUT2D eigenvalue weighted by atomic mass is 35.5. The van der Waals surface area contributed by atoms with E-state index < -0.39 is 0 Å². The van der Waals surface area contributed by atoms with Crippen LogP contribution in [0.1, 0.15) is 24.3 Å². The van der Waals surface area contributed by atoms with Gasteiger partial charge in [0, 0.05) is 12.1 Å². The second-order valence-electron chi connectivity index (χ2n) is 4.28. The molecule has 0 spiro atoms. The zero-order chi connectivity index (χ0) is 12.5. The van der Waals surface area contributed by atoms with E-state index in [9.17, 15) is 5.21 Å². The Morgan fingerprint density at radius 1 is 1.22 bits per heavy atom. The number of nitrogens with zero attached hydrogens (tertiary/aromatic N) is 2. The number of para-hydroxylation sites is 1. The second kappa shape index (κ2) is 4.46. The first kappa shape index (κ1) is 11.3. The molecule has 0 N–H and O–H groups in total. The minimum absolute atomic E-state index is 0.0258. The summed E-state index contributed by atoms with van der Waals surface area (Å²) in [6.45, 7) is 0. The van der Waals surface area contributed by atoms with Crippen molar-refractivity contribution in [2.24, 2.45) is 0 Å². The lowest BCUT2D eigenvalue weighted by Crippen LogP contribution is -2.32. The first-order valence-electron chi connectivity index (χ1n) is 5.77. The molecule has 2 aromatic rings. The Morgan fingerprint density at radius 3 is 2.72 bits per heavy atom. The molecule has 92 valence electrons. The third-order valence-corrected chi connectivity index (χ3v) is 3.16. The van der Waals surface area contributed by atoms with E-state index in [-0.39, 0.29) is 11.0 Å². The van der Waals surface area contributed by atoms with E-state index >= 15 is 0 Å². The molecule has 3 rings (SSSR count). The zero-order valence-electron chi connectivity index (χ0n) is 9.54. The van der Waals surface area contributed by atoms with Crippen LogP contribution in [0.5, 0.6) is 11.6 Å². The van der Waals surface area contributed by atoms with E-state index in [0.717, 1.165) is 5.75 Å².